The Morgan fingerprint density at radius 1 is 1.21 bits per heavy atom. The summed E-state index contributed by atoms with van der Waals surface area (Å²) in [6.07, 6.45) is -0.0331. The molecule has 0 aliphatic carbocycles. The van der Waals surface area contributed by atoms with E-state index in [9.17, 15) is 14.5 Å². The highest BCUT2D eigenvalue weighted by molar-refractivity contribution is 6.02. The number of aliphatic carboxylic acids is 1. The molecule has 0 saturated heterocycles. The largest absolute Gasteiger partial charge is 0.481 e. The maximum absolute atomic E-state index is 13.7. The molecule has 0 aromatic heterocycles. The van der Waals surface area contributed by atoms with E-state index in [1.807, 2.05) is 0 Å². The Morgan fingerprint density at radius 2 is 1.75 bits per heavy atom. The summed E-state index contributed by atoms with van der Waals surface area (Å²) in [5, 5.41) is 30.5. The van der Waals surface area contributed by atoms with Crippen LogP contribution in [0.5, 0.6) is 0 Å². The molecule has 2 rings (SSSR count). The number of hydrogen-bond acceptors (Lipinski definition) is 5. The smallest absolute Gasteiger partial charge is 0.300 e. The van der Waals surface area contributed by atoms with Crippen LogP contribution in [-0.2, 0) is 11.2 Å². The van der Waals surface area contributed by atoms with Gasteiger partial charge in [0.2, 0.25) is 0 Å². The average molecular weight is 334 g/mol. The Morgan fingerprint density at radius 3 is 2.29 bits per heavy atom. The third-order valence-corrected chi connectivity index (χ3v) is 2.85. The Hall–Kier alpha value is -3.29. The topological polar surface area (TPSA) is 113 Å². The van der Waals surface area contributed by atoms with Gasteiger partial charge >= 0.3 is 0 Å². The monoisotopic (exact) mass is 334 g/mol. The molecule has 126 valence electrons. The molecule has 24 heavy (non-hydrogen) atoms. The van der Waals surface area contributed by atoms with Crippen LogP contribution in [0.15, 0.2) is 53.7 Å². The number of halogens is 1. The van der Waals surface area contributed by atoms with Crippen molar-refractivity contribution in [3.05, 3.63) is 75.6 Å². The van der Waals surface area contributed by atoms with E-state index in [1.54, 1.807) is 24.3 Å². The number of nitro groups is 1. The molecule has 7 nitrogen and oxygen atoms in total. The molecule has 2 N–H and O–H groups in total. The highest BCUT2D eigenvalue weighted by Gasteiger charge is 2.17. The summed E-state index contributed by atoms with van der Waals surface area (Å²) in [4.78, 5) is 19.4. The quantitative estimate of drug-likeness (QED) is 0.386. The van der Waals surface area contributed by atoms with E-state index in [1.165, 1.54) is 24.3 Å². The zero-order valence-electron chi connectivity index (χ0n) is 12.7. The SMILES string of the molecule is CC(=O)O.O=[N+]([O-])c1ccccc1CC(=NO)c1ccccc1F. The van der Waals surface area contributed by atoms with E-state index in [2.05, 4.69) is 5.16 Å². The van der Waals surface area contributed by atoms with Gasteiger partial charge in [0.15, 0.2) is 0 Å². The minimum absolute atomic E-state index is 0.0331. The summed E-state index contributed by atoms with van der Waals surface area (Å²) >= 11 is 0. The van der Waals surface area contributed by atoms with E-state index in [0.717, 1.165) is 6.92 Å². The van der Waals surface area contributed by atoms with Crippen LogP contribution in [-0.4, -0.2) is 26.9 Å². The van der Waals surface area contributed by atoms with Crippen molar-refractivity contribution in [2.24, 2.45) is 5.16 Å². The van der Waals surface area contributed by atoms with Gasteiger partial charge in [-0.15, -0.1) is 0 Å². The third kappa shape index (κ3) is 5.48. The van der Waals surface area contributed by atoms with Gasteiger partial charge in [0.1, 0.15) is 5.82 Å². The van der Waals surface area contributed by atoms with Gasteiger partial charge in [0, 0.05) is 30.5 Å². The lowest BCUT2D eigenvalue weighted by Gasteiger charge is -2.06. The molecular weight excluding hydrogens is 319 g/mol. The number of carboxylic acids is 1. The van der Waals surface area contributed by atoms with Crippen LogP contribution in [0.25, 0.3) is 0 Å². The summed E-state index contributed by atoms with van der Waals surface area (Å²) in [5.41, 5.74) is 0.420. The number of para-hydroxylation sites is 1. The van der Waals surface area contributed by atoms with Crippen molar-refractivity contribution in [1.82, 2.24) is 0 Å². The zero-order valence-corrected chi connectivity index (χ0v) is 12.7. The Balaban J connectivity index is 0.000000648. The van der Waals surface area contributed by atoms with Gasteiger partial charge in [-0.2, -0.15) is 0 Å². The summed E-state index contributed by atoms with van der Waals surface area (Å²) in [5.74, 6) is -1.38. The van der Waals surface area contributed by atoms with Crippen molar-refractivity contribution in [3.63, 3.8) is 0 Å². The van der Waals surface area contributed by atoms with Gasteiger partial charge in [-0.25, -0.2) is 4.39 Å². The van der Waals surface area contributed by atoms with Crippen molar-refractivity contribution in [1.29, 1.82) is 0 Å². The maximum Gasteiger partial charge on any atom is 0.300 e. The lowest BCUT2D eigenvalue weighted by molar-refractivity contribution is -0.385. The number of benzene rings is 2. The van der Waals surface area contributed by atoms with E-state index >= 15 is 0 Å². The second-order valence-corrected chi connectivity index (χ2v) is 4.61. The lowest BCUT2D eigenvalue weighted by atomic mass is 10.0. The number of carbonyl (C=O) groups is 1. The number of rotatable bonds is 4. The molecular formula is C16H15FN2O5. The summed E-state index contributed by atoms with van der Waals surface area (Å²) in [6, 6.07) is 11.9. The van der Waals surface area contributed by atoms with Crippen molar-refractivity contribution >= 4 is 17.4 Å². The molecule has 8 heteroatoms. The van der Waals surface area contributed by atoms with Crippen molar-refractivity contribution < 1.29 is 24.4 Å². The fourth-order valence-corrected chi connectivity index (χ4v) is 1.90. The first-order valence-corrected chi connectivity index (χ1v) is 6.74. The van der Waals surface area contributed by atoms with Gasteiger partial charge in [0.25, 0.3) is 11.7 Å². The van der Waals surface area contributed by atoms with Gasteiger partial charge in [-0.05, 0) is 6.07 Å². The fraction of sp³-hybridized carbons (Fsp3) is 0.125. The molecule has 0 radical (unpaired) electrons. The number of carboxylic acid groups (broad SMARTS) is 1. The molecule has 0 aliphatic rings. The van der Waals surface area contributed by atoms with Crippen LogP contribution >= 0.6 is 0 Å². The van der Waals surface area contributed by atoms with E-state index in [4.69, 9.17) is 15.1 Å². The standard InChI is InChI=1S/C14H11FN2O3.C2H4O2/c15-12-7-3-2-6-11(12)13(16-18)9-10-5-1-4-8-14(10)17(19)20;1-2(3)4/h1-8,18H,9H2;1H3,(H,3,4). The summed E-state index contributed by atoms with van der Waals surface area (Å²) in [7, 11) is 0. The van der Waals surface area contributed by atoms with Crippen molar-refractivity contribution in [2.45, 2.75) is 13.3 Å². The first-order chi connectivity index (χ1) is 11.4. The first kappa shape index (κ1) is 18.8. The third-order valence-electron chi connectivity index (χ3n) is 2.85. The number of nitrogens with zero attached hydrogens (tertiary/aromatic N) is 2. The van der Waals surface area contributed by atoms with Crippen LogP contribution in [0, 0.1) is 15.9 Å². The average Bonchev–Trinajstić information content (AvgIpc) is 2.53. The van der Waals surface area contributed by atoms with Crippen LogP contribution in [0.2, 0.25) is 0 Å². The van der Waals surface area contributed by atoms with Crippen molar-refractivity contribution in [2.75, 3.05) is 0 Å². The Kier molecular flexibility index (Phi) is 7.02. The molecule has 0 spiro atoms. The molecule has 2 aromatic carbocycles. The number of oxime groups is 1. The summed E-state index contributed by atoms with van der Waals surface area (Å²) in [6.45, 7) is 1.08. The molecule has 0 unspecified atom stereocenters. The molecule has 0 fully saturated rings. The minimum atomic E-state index is -0.833. The predicted molar refractivity (Wildman–Crippen MR) is 84.8 cm³/mol. The van der Waals surface area contributed by atoms with Gasteiger partial charge in [-0.1, -0.05) is 41.6 Å². The van der Waals surface area contributed by atoms with Gasteiger partial charge in [0.05, 0.1) is 10.6 Å². The second kappa shape index (κ2) is 8.99. The maximum atomic E-state index is 13.7. The molecule has 0 heterocycles. The molecule has 0 saturated carbocycles. The predicted octanol–water partition coefficient (Wildman–Crippen LogP) is 3.25. The summed E-state index contributed by atoms with van der Waals surface area (Å²) < 4.78 is 13.7. The molecule has 0 atom stereocenters. The Bertz CT molecular complexity index is 758. The molecule has 0 bridgehead atoms. The van der Waals surface area contributed by atoms with Gasteiger partial charge in [-0.3, -0.25) is 14.9 Å². The minimum Gasteiger partial charge on any atom is -0.481 e. The molecule has 0 amide bonds. The van der Waals surface area contributed by atoms with Crippen molar-refractivity contribution in [3.8, 4) is 0 Å². The number of hydrogen-bond donors (Lipinski definition) is 2. The van der Waals surface area contributed by atoms with Crippen LogP contribution in [0.1, 0.15) is 18.1 Å². The van der Waals surface area contributed by atoms with Crippen LogP contribution in [0.3, 0.4) is 0 Å². The van der Waals surface area contributed by atoms with E-state index in [-0.39, 0.29) is 23.4 Å². The fourth-order valence-electron chi connectivity index (χ4n) is 1.90. The number of nitro benzene ring substituents is 1. The van der Waals surface area contributed by atoms with E-state index in [0.29, 0.717) is 5.56 Å². The highest BCUT2D eigenvalue weighted by atomic mass is 19.1. The lowest BCUT2D eigenvalue weighted by Crippen LogP contribution is -2.09. The second-order valence-electron chi connectivity index (χ2n) is 4.61. The highest BCUT2D eigenvalue weighted by Crippen LogP contribution is 2.20. The Labute approximate surface area is 136 Å². The first-order valence-electron chi connectivity index (χ1n) is 6.74. The molecule has 0 aliphatic heterocycles. The normalized spacial score (nSPS) is 10.5. The van der Waals surface area contributed by atoms with Gasteiger partial charge < -0.3 is 10.3 Å². The van der Waals surface area contributed by atoms with Crippen LogP contribution in [0.4, 0.5) is 10.1 Å². The van der Waals surface area contributed by atoms with Crippen LogP contribution < -0.4 is 0 Å². The van der Waals surface area contributed by atoms with E-state index < -0.39 is 16.7 Å². The zero-order chi connectivity index (χ0) is 18.1. The molecule has 2 aromatic rings.